The first-order chi connectivity index (χ1) is 29.8. The number of methoxy groups -OCH3 is 2. The zero-order valence-corrected chi connectivity index (χ0v) is 38.8. The summed E-state index contributed by atoms with van der Waals surface area (Å²) in [6, 6.07) is 6.42. The van der Waals surface area contributed by atoms with E-state index in [4.69, 9.17) is 29.4 Å². The minimum atomic E-state index is -2.61. The molecule has 352 valence electrons. The van der Waals surface area contributed by atoms with Crippen molar-refractivity contribution in [3.8, 4) is 5.75 Å². The van der Waals surface area contributed by atoms with Crippen LogP contribution in [-0.2, 0) is 38.1 Å². The lowest BCUT2D eigenvalue weighted by Gasteiger charge is -2.47. The second kappa shape index (κ2) is 22.1. The third-order valence-corrected chi connectivity index (χ3v) is 14.2. The van der Waals surface area contributed by atoms with Crippen molar-refractivity contribution in [2.75, 3.05) is 20.8 Å². The molecule has 1 saturated carbocycles. The number of nitrogens with two attached hydrogens (primary N) is 1. The van der Waals surface area contributed by atoms with Crippen LogP contribution in [0.25, 0.3) is 0 Å². The third-order valence-electron chi connectivity index (χ3n) is 14.2. The molecule has 1 amide bonds. The first-order valence-electron chi connectivity index (χ1n) is 23.0. The Labute approximate surface area is 373 Å². The first kappa shape index (κ1) is 50.5. The van der Waals surface area contributed by atoms with E-state index in [2.05, 4.69) is 0 Å². The predicted octanol–water partition coefficient (Wildman–Crippen LogP) is 6.13. The van der Waals surface area contributed by atoms with Crippen LogP contribution >= 0.6 is 0 Å². The summed E-state index contributed by atoms with van der Waals surface area (Å²) >= 11 is 0. The quantitative estimate of drug-likeness (QED) is 0.162. The van der Waals surface area contributed by atoms with E-state index >= 15 is 4.39 Å². The lowest BCUT2D eigenvalue weighted by Crippen LogP contribution is -2.64. The number of hydrogen-bond acceptors (Lipinski definition) is 12. The van der Waals surface area contributed by atoms with Gasteiger partial charge in [0.15, 0.2) is 0 Å². The number of carbonyl (C=O) groups is 4. The molecular formula is C49H73FN2O11. The molecule has 4 aliphatic rings. The number of rotatable bonds is 7. The lowest BCUT2D eigenvalue weighted by atomic mass is 9.81. The average molecular weight is 885 g/mol. The number of carbonyl (C=O) groups excluding carboxylic acids is 4. The van der Waals surface area contributed by atoms with E-state index in [0.29, 0.717) is 43.3 Å². The van der Waals surface area contributed by atoms with Gasteiger partial charge < -0.3 is 44.5 Å². The monoisotopic (exact) mass is 885 g/mol. The number of hydrogen-bond donors (Lipinski definition) is 3. The molecule has 1 aromatic rings. The molecule has 15 unspecified atom stereocenters. The Kier molecular flexibility index (Phi) is 17.7. The number of amides is 1. The largest absolute Gasteiger partial charge is 0.489 e. The van der Waals surface area contributed by atoms with E-state index in [1.165, 1.54) is 14.2 Å². The van der Waals surface area contributed by atoms with Crippen molar-refractivity contribution >= 4 is 23.4 Å². The Morgan fingerprint density at radius 3 is 2.29 bits per heavy atom. The van der Waals surface area contributed by atoms with Gasteiger partial charge in [0.05, 0.1) is 18.3 Å². The number of piperidine rings is 1. The maximum Gasteiger partial charge on any atom is 0.329 e. The predicted molar refractivity (Wildman–Crippen MR) is 235 cm³/mol. The number of halogens is 1. The van der Waals surface area contributed by atoms with Gasteiger partial charge in [-0.05, 0) is 114 Å². The summed E-state index contributed by atoms with van der Waals surface area (Å²) in [6.45, 7) is 12.3. The highest BCUT2D eigenvalue weighted by Gasteiger charge is 2.57. The smallest absolute Gasteiger partial charge is 0.329 e. The van der Waals surface area contributed by atoms with Gasteiger partial charge >= 0.3 is 5.97 Å². The second-order valence-corrected chi connectivity index (χ2v) is 18.9. The number of allylic oxidation sites excluding steroid dienone is 3. The molecule has 15 atom stereocenters. The van der Waals surface area contributed by atoms with Gasteiger partial charge in [-0.25, -0.2) is 9.18 Å². The molecule has 2 bridgehead atoms. The maximum absolute atomic E-state index is 16.3. The number of aliphatic hydroxyl groups is 2. The SMILES string of the molecule is CCC1/C=C(\C)C(F)C(C)CC(OC)C2OC(O)(C(=O)C(=O)N3CCCCC3C(=O)OC(C(C)=CC3CCC(N)C(Oc4ccc(C)cc4)C3)C(C)C(O)CC1=O)C(C)CC2OC. The van der Waals surface area contributed by atoms with Crippen LogP contribution in [0.5, 0.6) is 5.75 Å². The van der Waals surface area contributed by atoms with E-state index < -0.39 is 89.9 Å². The van der Waals surface area contributed by atoms with Crippen molar-refractivity contribution in [1.82, 2.24) is 4.90 Å². The molecule has 3 fully saturated rings. The molecule has 4 N–H and O–H groups in total. The topological polar surface area (TPSA) is 184 Å². The molecule has 5 rings (SSSR count). The molecule has 2 saturated heterocycles. The summed E-state index contributed by atoms with van der Waals surface area (Å²) in [4.78, 5) is 58.2. The summed E-state index contributed by atoms with van der Waals surface area (Å²) in [5, 5.41) is 23.9. The molecule has 13 nitrogen and oxygen atoms in total. The van der Waals surface area contributed by atoms with Crippen LogP contribution in [0.3, 0.4) is 0 Å². The lowest BCUT2D eigenvalue weighted by molar-refractivity contribution is -0.302. The Morgan fingerprint density at radius 2 is 1.63 bits per heavy atom. The van der Waals surface area contributed by atoms with Gasteiger partial charge in [0.25, 0.3) is 11.7 Å². The van der Waals surface area contributed by atoms with Crippen molar-refractivity contribution in [3.05, 3.63) is 53.1 Å². The summed E-state index contributed by atoms with van der Waals surface area (Å²) in [5.74, 6) is -8.35. The number of benzene rings is 1. The van der Waals surface area contributed by atoms with Crippen molar-refractivity contribution < 1.29 is 57.5 Å². The Balaban J connectivity index is 1.52. The summed E-state index contributed by atoms with van der Waals surface area (Å²) in [7, 11) is 2.89. The van der Waals surface area contributed by atoms with Gasteiger partial charge in [0.2, 0.25) is 5.79 Å². The number of ether oxygens (including phenoxy) is 5. The molecule has 1 aliphatic carbocycles. The standard InChI is InChI=1S/C49H73FN2O11/c1-10-34-22-28(3)43(50)29(4)23-41(59-8)45-42(60-9)24-31(6)49(58,63-45)46(55)47(56)52-20-12-11-13-37(52)48(57)62-44(32(7)38(53)26-39(34)54)30(5)21-33-16-19-36(51)40(25-33)61-35-17-14-27(2)15-18-35/h14-15,17-18,21-22,29,31-34,36-38,40-45,53,58H,10-13,16,19-20,23-26,51H2,1-9H3/b28-22+,30-21?. The molecule has 63 heavy (non-hydrogen) atoms. The van der Waals surface area contributed by atoms with Crippen LogP contribution in [0.15, 0.2) is 47.6 Å². The van der Waals surface area contributed by atoms with Crippen LogP contribution < -0.4 is 10.5 Å². The molecule has 1 aromatic carbocycles. The van der Waals surface area contributed by atoms with Gasteiger partial charge in [0.1, 0.15) is 42.1 Å². The molecule has 0 radical (unpaired) electrons. The van der Waals surface area contributed by atoms with Crippen molar-refractivity contribution in [2.45, 2.75) is 173 Å². The van der Waals surface area contributed by atoms with Gasteiger partial charge in [0, 0.05) is 51.0 Å². The molecule has 0 aromatic heterocycles. The van der Waals surface area contributed by atoms with Gasteiger partial charge in [-0.2, -0.15) is 0 Å². The number of cyclic esters (lactones) is 1. The highest BCUT2D eigenvalue weighted by Crippen LogP contribution is 2.40. The molecular weight excluding hydrogens is 812 g/mol. The zero-order chi connectivity index (χ0) is 46.3. The normalized spacial score (nSPS) is 39.3. The van der Waals surface area contributed by atoms with E-state index in [0.717, 1.165) is 22.6 Å². The number of nitrogens with zero attached hydrogens (tertiary/aromatic N) is 1. The highest BCUT2D eigenvalue weighted by molar-refractivity contribution is 6.39. The van der Waals surface area contributed by atoms with E-state index in [-0.39, 0.29) is 56.1 Å². The zero-order valence-electron chi connectivity index (χ0n) is 38.8. The summed E-state index contributed by atoms with van der Waals surface area (Å²) < 4.78 is 46.7. The van der Waals surface area contributed by atoms with Crippen molar-refractivity contribution in [3.63, 3.8) is 0 Å². The van der Waals surface area contributed by atoms with Gasteiger partial charge in [-0.3, -0.25) is 14.4 Å². The fourth-order valence-corrected chi connectivity index (χ4v) is 10.0. The van der Waals surface area contributed by atoms with Gasteiger partial charge in [-0.15, -0.1) is 0 Å². The van der Waals surface area contributed by atoms with Crippen LogP contribution in [0.1, 0.15) is 111 Å². The molecule has 14 heteroatoms. The third kappa shape index (κ3) is 11.8. The highest BCUT2D eigenvalue weighted by atomic mass is 19.1. The number of alkyl halides is 1. The molecule has 3 heterocycles. The number of aliphatic hydroxyl groups excluding tert-OH is 1. The fraction of sp³-hybridized carbons (Fsp3) is 0.714. The summed E-state index contributed by atoms with van der Waals surface area (Å²) in [6.07, 6.45) is 0.545. The maximum atomic E-state index is 16.3. The first-order valence-corrected chi connectivity index (χ1v) is 23.0. The van der Waals surface area contributed by atoms with E-state index in [9.17, 15) is 29.4 Å². The molecule has 3 aliphatic heterocycles. The number of aryl methyl sites for hydroxylation is 1. The average Bonchev–Trinajstić information content (AvgIpc) is 3.27. The van der Waals surface area contributed by atoms with Crippen molar-refractivity contribution in [2.24, 2.45) is 35.3 Å². The van der Waals surface area contributed by atoms with E-state index in [1.54, 1.807) is 33.8 Å². The van der Waals surface area contributed by atoms with Crippen LogP contribution in [0, 0.1) is 36.5 Å². The Bertz CT molecular complexity index is 1800. The molecule has 0 spiro atoms. The number of esters is 1. The second-order valence-electron chi connectivity index (χ2n) is 18.9. The Morgan fingerprint density at radius 1 is 0.968 bits per heavy atom. The van der Waals surface area contributed by atoms with Crippen molar-refractivity contribution in [1.29, 1.82) is 0 Å². The fourth-order valence-electron chi connectivity index (χ4n) is 10.0. The Hall–Kier alpha value is -3.53. The number of fused-ring (bicyclic) bond motifs is 3. The number of Topliss-reactive ketones (excluding diaryl/α,β-unsaturated/α-hetero) is 2. The minimum absolute atomic E-state index is 0.0217. The van der Waals surface area contributed by atoms with Crippen LogP contribution in [0.4, 0.5) is 4.39 Å². The van der Waals surface area contributed by atoms with Crippen LogP contribution in [0.2, 0.25) is 0 Å². The van der Waals surface area contributed by atoms with Crippen LogP contribution in [-0.4, -0.2) is 120 Å². The van der Waals surface area contributed by atoms with E-state index in [1.807, 2.05) is 51.1 Å². The minimum Gasteiger partial charge on any atom is -0.489 e. The number of ketones is 2. The van der Waals surface area contributed by atoms with Gasteiger partial charge in [-0.1, -0.05) is 57.5 Å². The summed E-state index contributed by atoms with van der Waals surface area (Å²) in [5.41, 5.74) is 8.64.